The summed E-state index contributed by atoms with van der Waals surface area (Å²) >= 11 is 0. The zero-order valence-corrected chi connectivity index (χ0v) is 9.88. The Bertz CT molecular complexity index is 523. The standard InChI is InChI=1S/C11H12FN3O4/c12-7-1-2-8(9(5-7)15(18)19)14-4-3-13-6-10(14)11(16)17/h1-2,5,10,13H,3-4,6H2,(H,16,17). The van der Waals surface area contributed by atoms with Crippen molar-refractivity contribution in [3.63, 3.8) is 0 Å². The van der Waals surface area contributed by atoms with Crippen LogP contribution in [0.15, 0.2) is 18.2 Å². The molecule has 0 aromatic heterocycles. The molecule has 0 bridgehead atoms. The van der Waals surface area contributed by atoms with Crippen LogP contribution < -0.4 is 10.2 Å². The lowest BCUT2D eigenvalue weighted by molar-refractivity contribution is -0.384. The summed E-state index contributed by atoms with van der Waals surface area (Å²) in [6.07, 6.45) is 0. The van der Waals surface area contributed by atoms with Gasteiger partial charge < -0.3 is 15.3 Å². The number of rotatable bonds is 3. The van der Waals surface area contributed by atoms with E-state index < -0.39 is 28.4 Å². The van der Waals surface area contributed by atoms with Crippen LogP contribution in [0.2, 0.25) is 0 Å². The number of aliphatic carboxylic acids is 1. The first-order valence-corrected chi connectivity index (χ1v) is 5.65. The van der Waals surface area contributed by atoms with Crippen LogP contribution in [0.25, 0.3) is 0 Å². The topological polar surface area (TPSA) is 95.7 Å². The average molecular weight is 269 g/mol. The fourth-order valence-electron chi connectivity index (χ4n) is 2.10. The molecule has 1 saturated heterocycles. The maximum atomic E-state index is 13.1. The number of nitro groups is 1. The fourth-order valence-corrected chi connectivity index (χ4v) is 2.10. The first-order chi connectivity index (χ1) is 9.00. The lowest BCUT2D eigenvalue weighted by Gasteiger charge is -2.34. The summed E-state index contributed by atoms with van der Waals surface area (Å²) < 4.78 is 13.1. The van der Waals surface area contributed by atoms with E-state index >= 15 is 0 Å². The fraction of sp³-hybridized carbons (Fsp3) is 0.364. The Morgan fingerprint density at radius 2 is 2.32 bits per heavy atom. The van der Waals surface area contributed by atoms with Gasteiger partial charge in [0.05, 0.1) is 11.0 Å². The van der Waals surface area contributed by atoms with Crippen LogP contribution in [0.1, 0.15) is 0 Å². The summed E-state index contributed by atoms with van der Waals surface area (Å²) in [7, 11) is 0. The molecule has 8 heteroatoms. The lowest BCUT2D eigenvalue weighted by atomic mass is 10.1. The number of nitrogens with one attached hydrogen (secondary N) is 1. The van der Waals surface area contributed by atoms with E-state index in [0.717, 1.165) is 12.1 Å². The Morgan fingerprint density at radius 1 is 1.58 bits per heavy atom. The number of nitro benzene ring substituents is 1. The molecule has 1 unspecified atom stereocenters. The predicted octanol–water partition coefficient (Wildman–Crippen LogP) is 0.597. The Balaban J connectivity index is 2.44. The van der Waals surface area contributed by atoms with Crippen LogP contribution in [-0.4, -0.2) is 41.7 Å². The Labute approximate surface area is 107 Å². The van der Waals surface area contributed by atoms with Gasteiger partial charge >= 0.3 is 5.97 Å². The van der Waals surface area contributed by atoms with Crippen LogP contribution in [0.3, 0.4) is 0 Å². The van der Waals surface area contributed by atoms with Crippen LogP contribution in [0.5, 0.6) is 0 Å². The third-order valence-electron chi connectivity index (χ3n) is 2.97. The van der Waals surface area contributed by atoms with Gasteiger partial charge in [-0.15, -0.1) is 0 Å². The Hall–Kier alpha value is -2.22. The van der Waals surface area contributed by atoms with Gasteiger partial charge in [-0.3, -0.25) is 10.1 Å². The van der Waals surface area contributed by atoms with Gasteiger partial charge in [0.2, 0.25) is 0 Å². The number of halogens is 1. The van der Waals surface area contributed by atoms with E-state index in [0.29, 0.717) is 13.1 Å². The van der Waals surface area contributed by atoms with E-state index in [1.807, 2.05) is 0 Å². The minimum absolute atomic E-state index is 0.125. The number of nitrogens with zero attached hydrogens (tertiary/aromatic N) is 2. The minimum Gasteiger partial charge on any atom is -0.480 e. The molecule has 0 amide bonds. The molecule has 19 heavy (non-hydrogen) atoms. The van der Waals surface area contributed by atoms with Crippen molar-refractivity contribution in [2.24, 2.45) is 0 Å². The van der Waals surface area contributed by atoms with Crippen molar-refractivity contribution in [2.75, 3.05) is 24.5 Å². The Morgan fingerprint density at radius 3 is 2.95 bits per heavy atom. The predicted molar refractivity (Wildman–Crippen MR) is 64.7 cm³/mol. The van der Waals surface area contributed by atoms with Crippen molar-refractivity contribution in [3.8, 4) is 0 Å². The number of hydrogen-bond donors (Lipinski definition) is 2. The van der Waals surface area contributed by atoms with Gasteiger partial charge in [-0.25, -0.2) is 9.18 Å². The van der Waals surface area contributed by atoms with E-state index in [4.69, 9.17) is 5.11 Å². The number of hydrogen-bond acceptors (Lipinski definition) is 5. The van der Waals surface area contributed by atoms with Gasteiger partial charge in [0.25, 0.3) is 5.69 Å². The maximum Gasteiger partial charge on any atom is 0.327 e. The van der Waals surface area contributed by atoms with Gasteiger partial charge in [-0.1, -0.05) is 0 Å². The van der Waals surface area contributed by atoms with Crippen molar-refractivity contribution < 1.29 is 19.2 Å². The van der Waals surface area contributed by atoms with E-state index in [2.05, 4.69) is 5.32 Å². The molecule has 1 aliphatic heterocycles. The second-order valence-electron chi connectivity index (χ2n) is 4.14. The van der Waals surface area contributed by atoms with E-state index in [-0.39, 0.29) is 12.2 Å². The minimum atomic E-state index is -1.08. The van der Waals surface area contributed by atoms with Crippen molar-refractivity contribution >= 4 is 17.3 Å². The molecule has 1 aromatic carbocycles. The monoisotopic (exact) mass is 269 g/mol. The molecule has 2 N–H and O–H groups in total. The maximum absolute atomic E-state index is 13.1. The molecule has 0 spiro atoms. The molecule has 1 atom stereocenters. The first kappa shape index (κ1) is 13.2. The second-order valence-corrected chi connectivity index (χ2v) is 4.14. The van der Waals surface area contributed by atoms with Crippen molar-refractivity contribution in [1.29, 1.82) is 0 Å². The van der Waals surface area contributed by atoms with Gasteiger partial charge in [0.15, 0.2) is 0 Å². The van der Waals surface area contributed by atoms with Gasteiger partial charge in [0, 0.05) is 19.6 Å². The lowest BCUT2D eigenvalue weighted by Crippen LogP contribution is -2.55. The quantitative estimate of drug-likeness (QED) is 0.616. The highest BCUT2D eigenvalue weighted by Gasteiger charge is 2.32. The SMILES string of the molecule is O=C(O)C1CNCCN1c1ccc(F)cc1[N+](=O)[O-]. The third kappa shape index (κ3) is 2.63. The molecule has 1 aliphatic rings. The molecule has 1 aromatic rings. The molecule has 0 saturated carbocycles. The summed E-state index contributed by atoms with van der Waals surface area (Å²) in [6.45, 7) is 1.01. The zero-order chi connectivity index (χ0) is 14.0. The van der Waals surface area contributed by atoms with E-state index in [1.165, 1.54) is 11.0 Å². The zero-order valence-electron chi connectivity index (χ0n) is 9.88. The molecule has 1 heterocycles. The van der Waals surface area contributed by atoms with Crippen LogP contribution in [-0.2, 0) is 4.79 Å². The largest absolute Gasteiger partial charge is 0.480 e. The van der Waals surface area contributed by atoms with E-state index in [9.17, 15) is 19.3 Å². The normalized spacial score (nSPS) is 19.2. The Kier molecular flexibility index (Phi) is 3.61. The smallest absolute Gasteiger partial charge is 0.327 e. The van der Waals surface area contributed by atoms with Crippen LogP contribution in [0.4, 0.5) is 15.8 Å². The van der Waals surface area contributed by atoms with Crippen molar-refractivity contribution in [1.82, 2.24) is 5.32 Å². The number of piperazine rings is 1. The number of benzene rings is 1. The number of anilines is 1. The van der Waals surface area contributed by atoms with Crippen molar-refractivity contribution in [2.45, 2.75) is 6.04 Å². The van der Waals surface area contributed by atoms with Crippen molar-refractivity contribution in [3.05, 3.63) is 34.1 Å². The summed E-state index contributed by atoms with van der Waals surface area (Å²) in [6, 6.07) is 2.23. The second kappa shape index (κ2) is 5.19. The highest BCUT2D eigenvalue weighted by molar-refractivity contribution is 5.80. The van der Waals surface area contributed by atoms with E-state index in [1.54, 1.807) is 0 Å². The highest BCUT2D eigenvalue weighted by atomic mass is 19.1. The molecule has 1 fully saturated rings. The number of carbonyl (C=O) groups is 1. The number of carboxylic acid groups (broad SMARTS) is 1. The molecule has 2 rings (SSSR count). The number of carboxylic acids is 1. The summed E-state index contributed by atoms with van der Waals surface area (Å²) in [5.74, 6) is -1.80. The van der Waals surface area contributed by atoms with Gasteiger partial charge in [-0.05, 0) is 12.1 Å². The van der Waals surface area contributed by atoms with Crippen LogP contribution >= 0.6 is 0 Å². The first-order valence-electron chi connectivity index (χ1n) is 5.65. The summed E-state index contributed by atoms with van der Waals surface area (Å²) in [4.78, 5) is 22.8. The highest BCUT2D eigenvalue weighted by Crippen LogP contribution is 2.30. The molecular weight excluding hydrogens is 257 g/mol. The van der Waals surface area contributed by atoms with Crippen LogP contribution in [0, 0.1) is 15.9 Å². The summed E-state index contributed by atoms with van der Waals surface area (Å²) in [5, 5.41) is 23.0. The molecule has 0 radical (unpaired) electrons. The molecule has 7 nitrogen and oxygen atoms in total. The third-order valence-corrected chi connectivity index (χ3v) is 2.97. The molecular formula is C11H12FN3O4. The molecule has 0 aliphatic carbocycles. The molecule has 102 valence electrons. The average Bonchev–Trinajstić information content (AvgIpc) is 2.38. The van der Waals surface area contributed by atoms with Gasteiger partial charge in [0.1, 0.15) is 17.5 Å². The summed E-state index contributed by atoms with van der Waals surface area (Å²) in [5.41, 5.74) is -0.298. The van der Waals surface area contributed by atoms with Gasteiger partial charge in [-0.2, -0.15) is 0 Å².